The Morgan fingerprint density at radius 2 is 2.08 bits per heavy atom. The van der Waals surface area contributed by atoms with Gasteiger partial charge < -0.3 is 14.6 Å². The first kappa shape index (κ1) is 16.3. The summed E-state index contributed by atoms with van der Waals surface area (Å²) in [7, 11) is 0. The molecule has 3 rings (SSSR count). The van der Waals surface area contributed by atoms with Crippen LogP contribution in [0, 0.1) is 19.8 Å². The molecule has 0 radical (unpaired) electrons. The minimum atomic E-state index is -0.197. The fraction of sp³-hybridized carbons (Fsp3) is 0.368. The lowest BCUT2D eigenvalue weighted by Crippen LogP contribution is -2.43. The Morgan fingerprint density at radius 1 is 1.25 bits per heavy atom. The molecule has 2 heterocycles. The standard InChI is InChI=1S/C19H22N2O3/c1-13-7-8-14(2)16(11-13)20-18(22)15-5-3-9-21(12-15)19(23)17-6-4-10-24-17/h4,6-8,10-11,15H,3,5,9,12H2,1-2H3,(H,20,22)/t15-/m1/s1. The van der Waals surface area contributed by atoms with Crippen molar-refractivity contribution in [2.75, 3.05) is 18.4 Å². The third-order valence-electron chi connectivity index (χ3n) is 4.46. The second kappa shape index (κ2) is 6.91. The van der Waals surface area contributed by atoms with Crippen LogP contribution in [-0.4, -0.2) is 29.8 Å². The summed E-state index contributed by atoms with van der Waals surface area (Å²) < 4.78 is 5.18. The first-order chi connectivity index (χ1) is 11.5. The predicted octanol–water partition coefficient (Wildman–Crippen LogP) is 3.39. The molecule has 2 amide bonds. The van der Waals surface area contributed by atoms with Gasteiger partial charge in [-0.3, -0.25) is 9.59 Å². The van der Waals surface area contributed by atoms with Gasteiger partial charge in [-0.15, -0.1) is 0 Å². The number of anilines is 1. The van der Waals surface area contributed by atoms with E-state index in [9.17, 15) is 9.59 Å². The molecule has 1 saturated heterocycles. The maximum absolute atomic E-state index is 12.6. The number of benzene rings is 1. The van der Waals surface area contributed by atoms with Crippen molar-refractivity contribution >= 4 is 17.5 Å². The molecule has 0 unspecified atom stereocenters. The van der Waals surface area contributed by atoms with Crippen molar-refractivity contribution in [3.8, 4) is 0 Å². The topological polar surface area (TPSA) is 62.6 Å². The van der Waals surface area contributed by atoms with Crippen molar-refractivity contribution in [3.63, 3.8) is 0 Å². The van der Waals surface area contributed by atoms with Gasteiger partial charge in [0.2, 0.25) is 5.91 Å². The average molecular weight is 326 g/mol. The Kier molecular flexibility index (Phi) is 4.69. The van der Waals surface area contributed by atoms with Gasteiger partial charge in [-0.25, -0.2) is 0 Å². The summed E-state index contributed by atoms with van der Waals surface area (Å²) in [6, 6.07) is 9.35. The summed E-state index contributed by atoms with van der Waals surface area (Å²) >= 11 is 0. The zero-order chi connectivity index (χ0) is 17.1. The first-order valence-corrected chi connectivity index (χ1v) is 8.25. The monoisotopic (exact) mass is 326 g/mol. The summed E-state index contributed by atoms with van der Waals surface area (Å²) in [6.07, 6.45) is 3.10. The molecule has 1 N–H and O–H groups in total. The largest absolute Gasteiger partial charge is 0.459 e. The van der Waals surface area contributed by atoms with Crippen LogP contribution in [0.1, 0.15) is 34.5 Å². The summed E-state index contributed by atoms with van der Waals surface area (Å²) in [6.45, 7) is 5.06. The summed E-state index contributed by atoms with van der Waals surface area (Å²) in [5.41, 5.74) is 2.98. The zero-order valence-electron chi connectivity index (χ0n) is 14.0. The molecule has 0 bridgehead atoms. The number of carbonyl (C=O) groups excluding carboxylic acids is 2. The molecule has 1 aliphatic heterocycles. The second-order valence-electron chi connectivity index (χ2n) is 6.38. The van der Waals surface area contributed by atoms with E-state index in [1.807, 2.05) is 32.0 Å². The van der Waals surface area contributed by atoms with Crippen LogP contribution in [0.2, 0.25) is 0 Å². The van der Waals surface area contributed by atoms with Crippen molar-refractivity contribution in [2.45, 2.75) is 26.7 Å². The molecule has 5 nitrogen and oxygen atoms in total. The highest BCUT2D eigenvalue weighted by Gasteiger charge is 2.30. The minimum absolute atomic E-state index is 0.0272. The summed E-state index contributed by atoms with van der Waals surface area (Å²) in [5, 5.41) is 3.01. The quantitative estimate of drug-likeness (QED) is 0.940. The van der Waals surface area contributed by atoms with E-state index in [0.717, 1.165) is 29.7 Å². The molecule has 1 aromatic carbocycles. The zero-order valence-corrected chi connectivity index (χ0v) is 14.0. The van der Waals surface area contributed by atoms with Gasteiger partial charge in [-0.2, -0.15) is 0 Å². The van der Waals surface area contributed by atoms with Crippen LogP contribution in [0.5, 0.6) is 0 Å². The number of furan rings is 1. The van der Waals surface area contributed by atoms with E-state index in [4.69, 9.17) is 4.42 Å². The Labute approximate surface area is 141 Å². The number of likely N-dealkylation sites (tertiary alicyclic amines) is 1. The van der Waals surface area contributed by atoms with E-state index >= 15 is 0 Å². The average Bonchev–Trinajstić information content (AvgIpc) is 3.12. The smallest absolute Gasteiger partial charge is 0.289 e. The third-order valence-corrected chi connectivity index (χ3v) is 4.46. The molecule has 24 heavy (non-hydrogen) atoms. The van der Waals surface area contributed by atoms with E-state index in [1.165, 1.54) is 6.26 Å². The van der Waals surface area contributed by atoms with Crippen LogP contribution >= 0.6 is 0 Å². The minimum Gasteiger partial charge on any atom is -0.459 e. The second-order valence-corrected chi connectivity index (χ2v) is 6.38. The van der Waals surface area contributed by atoms with Gasteiger partial charge in [0.15, 0.2) is 5.76 Å². The van der Waals surface area contributed by atoms with E-state index in [2.05, 4.69) is 5.32 Å². The number of nitrogens with one attached hydrogen (secondary N) is 1. The Hall–Kier alpha value is -2.56. The molecule has 2 aromatic rings. The van der Waals surface area contributed by atoms with Crippen LogP contribution in [-0.2, 0) is 4.79 Å². The first-order valence-electron chi connectivity index (χ1n) is 8.25. The number of hydrogen-bond acceptors (Lipinski definition) is 3. The number of piperidine rings is 1. The molecule has 0 spiro atoms. The number of nitrogens with zero attached hydrogens (tertiary/aromatic N) is 1. The molecule has 0 aliphatic carbocycles. The predicted molar refractivity (Wildman–Crippen MR) is 91.9 cm³/mol. The van der Waals surface area contributed by atoms with Crippen LogP contribution in [0.3, 0.4) is 0 Å². The normalized spacial score (nSPS) is 17.6. The highest BCUT2D eigenvalue weighted by Crippen LogP contribution is 2.22. The van der Waals surface area contributed by atoms with Crippen LogP contribution in [0.25, 0.3) is 0 Å². The lowest BCUT2D eigenvalue weighted by Gasteiger charge is -2.31. The Bertz CT molecular complexity index is 737. The number of hydrogen-bond donors (Lipinski definition) is 1. The highest BCUT2D eigenvalue weighted by molar-refractivity contribution is 5.95. The Balaban J connectivity index is 1.67. The fourth-order valence-electron chi connectivity index (χ4n) is 3.04. The van der Waals surface area contributed by atoms with Crippen molar-refractivity contribution in [3.05, 3.63) is 53.5 Å². The van der Waals surface area contributed by atoms with Crippen LogP contribution < -0.4 is 5.32 Å². The summed E-state index contributed by atoms with van der Waals surface area (Å²) in [4.78, 5) is 26.7. The lowest BCUT2D eigenvalue weighted by atomic mass is 9.96. The molecular weight excluding hydrogens is 304 g/mol. The van der Waals surface area contributed by atoms with Crippen LogP contribution in [0.4, 0.5) is 5.69 Å². The van der Waals surface area contributed by atoms with E-state index in [-0.39, 0.29) is 17.7 Å². The number of rotatable bonds is 3. The van der Waals surface area contributed by atoms with E-state index < -0.39 is 0 Å². The number of aryl methyl sites for hydroxylation is 2. The van der Waals surface area contributed by atoms with E-state index in [0.29, 0.717) is 18.8 Å². The SMILES string of the molecule is Cc1ccc(C)c(NC(=O)[C@@H]2CCCN(C(=O)c3ccco3)C2)c1. The van der Waals surface area contributed by atoms with Crippen LogP contribution in [0.15, 0.2) is 41.0 Å². The number of carbonyl (C=O) groups is 2. The molecule has 1 aliphatic rings. The highest BCUT2D eigenvalue weighted by atomic mass is 16.3. The van der Waals surface area contributed by atoms with Crippen molar-refractivity contribution in [1.29, 1.82) is 0 Å². The molecular formula is C19H22N2O3. The van der Waals surface area contributed by atoms with Gasteiger partial charge in [0.05, 0.1) is 12.2 Å². The molecule has 5 heteroatoms. The van der Waals surface area contributed by atoms with Gasteiger partial charge in [0.25, 0.3) is 5.91 Å². The van der Waals surface area contributed by atoms with Crippen molar-refractivity contribution in [1.82, 2.24) is 4.90 Å². The maximum atomic E-state index is 12.6. The maximum Gasteiger partial charge on any atom is 0.289 e. The van der Waals surface area contributed by atoms with Gasteiger partial charge >= 0.3 is 0 Å². The van der Waals surface area contributed by atoms with Gasteiger partial charge in [-0.1, -0.05) is 12.1 Å². The molecule has 1 atom stereocenters. The van der Waals surface area contributed by atoms with Gasteiger partial charge in [0, 0.05) is 18.8 Å². The fourth-order valence-corrected chi connectivity index (χ4v) is 3.04. The lowest BCUT2D eigenvalue weighted by molar-refractivity contribution is -0.121. The molecule has 126 valence electrons. The Morgan fingerprint density at radius 3 is 2.83 bits per heavy atom. The summed E-state index contributed by atoms with van der Waals surface area (Å²) in [5.74, 6) is -0.0481. The molecule has 1 aromatic heterocycles. The van der Waals surface area contributed by atoms with Crippen molar-refractivity contribution < 1.29 is 14.0 Å². The van der Waals surface area contributed by atoms with Gasteiger partial charge in [0.1, 0.15) is 0 Å². The van der Waals surface area contributed by atoms with Gasteiger partial charge in [-0.05, 0) is 56.0 Å². The third kappa shape index (κ3) is 3.50. The number of amides is 2. The van der Waals surface area contributed by atoms with Crippen molar-refractivity contribution in [2.24, 2.45) is 5.92 Å². The molecule has 0 saturated carbocycles. The van der Waals surface area contributed by atoms with E-state index in [1.54, 1.807) is 17.0 Å². The molecule has 1 fully saturated rings.